The van der Waals surface area contributed by atoms with Gasteiger partial charge in [0.05, 0.1) is 17.9 Å². The van der Waals surface area contributed by atoms with Crippen molar-refractivity contribution in [3.05, 3.63) is 47.3 Å². The number of hydrogen-bond acceptors (Lipinski definition) is 4. The number of para-hydroxylation sites is 2. The van der Waals surface area contributed by atoms with E-state index in [0.29, 0.717) is 23.6 Å². The van der Waals surface area contributed by atoms with Crippen LogP contribution in [0.2, 0.25) is 0 Å². The predicted molar refractivity (Wildman–Crippen MR) is 96.1 cm³/mol. The van der Waals surface area contributed by atoms with Gasteiger partial charge in [0, 0.05) is 17.9 Å². The van der Waals surface area contributed by atoms with Crippen LogP contribution in [0, 0.1) is 13.8 Å². The first kappa shape index (κ1) is 18.6. The molecule has 0 radical (unpaired) electrons. The van der Waals surface area contributed by atoms with Gasteiger partial charge in [0.2, 0.25) is 0 Å². The minimum atomic E-state index is -0.499. The maximum Gasteiger partial charge on any atom is 0.340 e. The Morgan fingerprint density at radius 1 is 1.16 bits per heavy atom. The highest BCUT2D eigenvalue weighted by atomic mass is 16.5. The van der Waals surface area contributed by atoms with Crippen LogP contribution in [-0.4, -0.2) is 29.7 Å². The third-order valence-electron chi connectivity index (χ3n) is 3.91. The van der Waals surface area contributed by atoms with Crippen LogP contribution in [-0.2, 0) is 16.1 Å². The van der Waals surface area contributed by atoms with E-state index in [9.17, 15) is 9.59 Å². The number of nitrogens with zero attached hydrogens (tertiary/aromatic N) is 1. The lowest BCUT2D eigenvalue weighted by atomic mass is 10.2. The van der Waals surface area contributed by atoms with Gasteiger partial charge in [-0.2, -0.15) is 0 Å². The highest BCUT2D eigenvalue weighted by Gasteiger charge is 2.17. The molecule has 25 heavy (non-hydrogen) atoms. The molecule has 0 aliphatic heterocycles. The molecule has 1 aromatic carbocycles. The van der Waals surface area contributed by atoms with Crippen LogP contribution in [0.15, 0.2) is 30.3 Å². The average molecular weight is 344 g/mol. The van der Waals surface area contributed by atoms with E-state index in [-0.39, 0.29) is 6.61 Å². The van der Waals surface area contributed by atoms with Crippen molar-refractivity contribution in [3.8, 4) is 5.75 Å². The Hall–Kier alpha value is -2.76. The summed E-state index contributed by atoms with van der Waals surface area (Å²) in [6, 6.07) is 8.90. The van der Waals surface area contributed by atoms with E-state index in [1.165, 1.54) is 0 Å². The minimum Gasteiger partial charge on any atom is -0.492 e. The van der Waals surface area contributed by atoms with Crippen molar-refractivity contribution in [2.45, 2.75) is 34.2 Å². The first-order valence-electron chi connectivity index (χ1n) is 8.33. The molecular formula is C19H24N2O4. The smallest absolute Gasteiger partial charge is 0.340 e. The van der Waals surface area contributed by atoms with E-state index in [2.05, 4.69) is 5.32 Å². The van der Waals surface area contributed by atoms with Crippen LogP contribution in [0.25, 0.3) is 0 Å². The molecule has 1 amide bonds. The highest BCUT2D eigenvalue weighted by molar-refractivity contribution is 5.96. The average Bonchev–Trinajstić information content (AvgIpc) is 2.88. The fraction of sp³-hybridized carbons (Fsp3) is 0.368. The first-order chi connectivity index (χ1) is 12.0. The van der Waals surface area contributed by atoms with Crippen molar-refractivity contribution in [3.63, 3.8) is 0 Å². The summed E-state index contributed by atoms with van der Waals surface area (Å²) in [4.78, 5) is 24.3. The van der Waals surface area contributed by atoms with Crippen LogP contribution in [0.3, 0.4) is 0 Å². The Morgan fingerprint density at radius 3 is 2.52 bits per heavy atom. The number of benzene rings is 1. The molecule has 6 nitrogen and oxygen atoms in total. The molecule has 2 aromatic rings. The van der Waals surface area contributed by atoms with Crippen molar-refractivity contribution >= 4 is 17.6 Å². The van der Waals surface area contributed by atoms with E-state index in [0.717, 1.165) is 17.9 Å². The number of esters is 1. The van der Waals surface area contributed by atoms with Crippen LogP contribution in [0.4, 0.5) is 5.69 Å². The quantitative estimate of drug-likeness (QED) is 0.782. The van der Waals surface area contributed by atoms with E-state index in [1.807, 2.05) is 38.3 Å². The summed E-state index contributed by atoms with van der Waals surface area (Å²) in [6.45, 7) is 8.60. The molecule has 0 bridgehead atoms. The van der Waals surface area contributed by atoms with Gasteiger partial charge in [-0.05, 0) is 45.9 Å². The van der Waals surface area contributed by atoms with Gasteiger partial charge in [0.1, 0.15) is 5.75 Å². The summed E-state index contributed by atoms with van der Waals surface area (Å²) < 4.78 is 12.6. The van der Waals surface area contributed by atoms with E-state index >= 15 is 0 Å². The van der Waals surface area contributed by atoms with Crippen molar-refractivity contribution < 1.29 is 19.1 Å². The molecule has 2 rings (SSSR count). The van der Waals surface area contributed by atoms with Crippen molar-refractivity contribution in [1.29, 1.82) is 0 Å². The van der Waals surface area contributed by atoms with Gasteiger partial charge in [-0.3, -0.25) is 4.79 Å². The van der Waals surface area contributed by atoms with Crippen LogP contribution < -0.4 is 10.1 Å². The number of rotatable bonds is 7. The van der Waals surface area contributed by atoms with Gasteiger partial charge in [0.15, 0.2) is 6.61 Å². The standard InChI is InChI=1S/C19H24N2O4/c1-5-21-13(3)11-15(14(21)4)19(23)25-12-18(22)20-16-9-7-8-10-17(16)24-6-2/h7-11H,5-6,12H2,1-4H3,(H,20,22). The predicted octanol–water partition coefficient (Wildman–Crippen LogP) is 3.32. The number of ether oxygens (including phenoxy) is 2. The summed E-state index contributed by atoms with van der Waals surface area (Å²) in [5.41, 5.74) is 2.87. The summed E-state index contributed by atoms with van der Waals surface area (Å²) >= 11 is 0. The van der Waals surface area contributed by atoms with E-state index < -0.39 is 11.9 Å². The zero-order valence-electron chi connectivity index (χ0n) is 15.1. The Balaban J connectivity index is 1.97. The zero-order valence-corrected chi connectivity index (χ0v) is 15.1. The Labute approximate surface area is 147 Å². The molecule has 0 fully saturated rings. The molecule has 0 aliphatic carbocycles. The van der Waals surface area contributed by atoms with Gasteiger partial charge < -0.3 is 19.4 Å². The minimum absolute atomic E-state index is 0.352. The van der Waals surface area contributed by atoms with Crippen molar-refractivity contribution in [1.82, 2.24) is 4.57 Å². The van der Waals surface area contributed by atoms with Crippen LogP contribution in [0.1, 0.15) is 35.6 Å². The fourth-order valence-electron chi connectivity index (χ4n) is 2.74. The molecule has 0 unspecified atom stereocenters. The summed E-state index contributed by atoms with van der Waals surface area (Å²) in [6.07, 6.45) is 0. The molecular weight excluding hydrogens is 320 g/mol. The van der Waals surface area contributed by atoms with Gasteiger partial charge >= 0.3 is 5.97 Å². The topological polar surface area (TPSA) is 69.6 Å². The lowest BCUT2D eigenvalue weighted by molar-refractivity contribution is -0.119. The van der Waals surface area contributed by atoms with Gasteiger partial charge in [-0.25, -0.2) is 4.79 Å². The number of amides is 1. The summed E-state index contributed by atoms with van der Waals surface area (Å²) in [5.74, 6) is -0.331. The maximum absolute atomic E-state index is 12.2. The Bertz CT molecular complexity index is 765. The maximum atomic E-state index is 12.2. The van der Waals surface area contributed by atoms with Crippen molar-refractivity contribution in [2.24, 2.45) is 0 Å². The summed E-state index contributed by atoms with van der Waals surface area (Å²) in [5, 5.41) is 2.70. The second-order valence-corrected chi connectivity index (χ2v) is 5.58. The molecule has 0 atom stereocenters. The number of aryl methyl sites for hydroxylation is 1. The number of anilines is 1. The normalized spacial score (nSPS) is 10.4. The fourth-order valence-corrected chi connectivity index (χ4v) is 2.74. The Morgan fingerprint density at radius 2 is 1.88 bits per heavy atom. The lowest BCUT2D eigenvalue weighted by Gasteiger charge is -2.11. The number of nitrogens with one attached hydrogen (secondary N) is 1. The molecule has 1 heterocycles. The second kappa shape index (κ2) is 8.37. The largest absolute Gasteiger partial charge is 0.492 e. The number of aromatic nitrogens is 1. The zero-order chi connectivity index (χ0) is 18.4. The molecule has 0 saturated heterocycles. The highest BCUT2D eigenvalue weighted by Crippen LogP contribution is 2.23. The van der Waals surface area contributed by atoms with Crippen LogP contribution >= 0.6 is 0 Å². The third-order valence-corrected chi connectivity index (χ3v) is 3.91. The van der Waals surface area contributed by atoms with Gasteiger partial charge in [0.25, 0.3) is 5.91 Å². The monoisotopic (exact) mass is 344 g/mol. The molecule has 134 valence electrons. The number of hydrogen-bond donors (Lipinski definition) is 1. The number of carbonyl (C=O) groups is 2. The Kier molecular flexibility index (Phi) is 6.22. The van der Waals surface area contributed by atoms with Gasteiger partial charge in [-0.15, -0.1) is 0 Å². The molecule has 6 heteroatoms. The summed E-state index contributed by atoms with van der Waals surface area (Å²) in [7, 11) is 0. The first-order valence-corrected chi connectivity index (χ1v) is 8.33. The molecule has 1 N–H and O–H groups in total. The lowest BCUT2D eigenvalue weighted by Crippen LogP contribution is -2.21. The van der Waals surface area contributed by atoms with E-state index in [4.69, 9.17) is 9.47 Å². The second-order valence-electron chi connectivity index (χ2n) is 5.58. The van der Waals surface area contributed by atoms with Crippen molar-refractivity contribution in [2.75, 3.05) is 18.5 Å². The molecule has 0 saturated carbocycles. The molecule has 0 aliphatic rings. The van der Waals surface area contributed by atoms with Crippen LogP contribution in [0.5, 0.6) is 5.75 Å². The van der Waals surface area contributed by atoms with Gasteiger partial charge in [-0.1, -0.05) is 12.1 Å². The third kappa shape index (κ3) is 4.41. The molecule has 0 spiro atoms. The molecule has 1 aromatic heterocycles. The SMILES string of the molecule is CCOc1ccccc1NC(=O)COC(=O)c1cc(C)n(CC)c1C. The number of carbonyl (C=O) groups excluding carboxylic acids is 2. The van der Waals surface area contributed by atoms with E-state index in [1.54, 1.807) is 24.3 Å².